The maximum atomic E-state index is 11.4. The molecule has 0 aromatic carbocycles. The van der Waals surface area contributed by atoms with E-state index in [1.165, 1.54) is 7.11 Å². The van der Waals surface area contributed by atoms with Gasteiger partial charge in [0.1, 0.15) is 0 Å². The van der Waals surface area contributed by atoms with E-state index in [1.807, 2.05) is 0 Å². The molecule has 0 saturated heterocycles. The van der Waals surface area contributed by atoms with Crippen molar-refractivity contribution in [2.45, 2.75) is 30.6 Å². The summed E-state index contributed by atoms with van der Waals surface area (Å²) in [7, 11) is -2.03. The van der Waals surface area contributed by atoms with Crippen LogP contribution in [0.3, 0.4) is 0 Å². The van der Waals surface area contributed by atoms with Crippen molar-refractivity contribution < 1.29 is 23.1 Å². The van der Waals surface area contributed by atoms with Crippen molar-refractivity contribution in [1.82, 2.24) is 0 Å². The van der Waals surface area contributed by atoms with Gasteiger partial charge in [0.25, 0.3) is 0 Å². The van der Waals surface area contributed by atoms with Crippen molar-refractivity contribution >= 4 is 15.8 Å². The molecule has 1 N–H and O–H groups in total. The molecule has 1 saturated carbocycles. The molecule has 1 fully saturated rings. The van der Waals surface area contributed by atoms with Crippen LogP contribution in [-0.2, 0) is 19.4 Å². The number of aliphatic hydroxyl groups excluding tert-OH is 1. The molecule has 0 aromatic heterocycles. The molecule has 0 amide bonds. The van der Waals surface area contributed by atoms with Crippen molar-refractivity contribution in [1.29, 1.82) is 0 Å². The molecule has 5 nitrogen and oxygen atoms in total. The molecule has 0 bridgehead atoms. The summed E-state index contributed by atoms with van der Waals surface area (Å²) >= 11 is 0. The molecule has 3 atom stereocenters. The number of sulfone groups is 1. The smallest absolute Gasteiger partial charge is 0.335 e. The van der Waals surface area contributed by atoms with Gasteiger partial charge in [0, 0.05) is 12.2 Å². The van der Waals surface area contributed by atoms with Gasteiger partial charge in [0.2, 0.25) is 0 Å². The van der Waals surface area contributed by atoms with Gasteiger partial charge >= 0.3 is 5.97 Å². The predicted molar refractivity (Wildman–Crippen MR) is 54.0 cm³/mol. The molecular formula is C9H16O5S. The van der Waals surface area contributed by atoms with Crippen LogP contribution in [0, 0.1) is 5.92 Å². The van der Waals surface area contributed by atoms with E-state index < -0.39 is 33.1 Å². The van der Waals surface area contributed by atoms with Crippen molar-refractivity contribution in [2.24, 2.45) is 5.92 Å². The van der Waals surface area contributed by atoms with Crippen LogP contribution in [0.2, 0.25) is 0 Å². The molecule has 6 heteroatoms. The van der Waals surface area contributed by atoms with E-state index in [2.05, 4.69) is 4.74 Å². The molecule has 1 rings (SSSR count). The first-order valence-electron chi connectivity index (χ1n) is 4.82. The Kier molecular flexibility index (Phi) is 3.72. The van der Waals surface area contributed by atoms with Gasteiger partial charge in [0.05, 0.1) is 12.4 Å². The average molecular weight is 236 g/mol. The number of hydrogen-bond acceptors (Lipinski definition) is 5. The van der Waals surface area contributed by atoms with E-state index in [1.54, 1.807) is 0 Å². The Labute approximate surface area is 89.3 Å². The summed E-state index contributed by atoms with van der Waals surface area (Å²) in [6.45, 7) is 0. The van der Waals surface area contributed by atoms with Gasteiger partial charge in [0.15, 0.2) is 15.9 Å². The summed E-state index contributed by atoms with van der Waals surface area (Å²) in [4.78, 5) is 11.1. The number of rotatable bonds is 3. The van der Waals surface area contributed by atoms with E-state index in [0.717, 1.165) is 12.7 Å². The van der Waals surface area contributed by atoms with E-state index in [9.17, 15) is 18.3 Å². The topological polar surface area (TPSA) is 80.7 Å². The van der Waals surface area contributed by atoms with E-state index in [0.29, 0.717) is 12.8 Å². The van der Waals surface area contributed by atoms with Gasteiger partial charge < -0.3 is 9.84 Å². The molecule has 0 radical (unpaired) electrons. The Morgan fingerprint density at radius 1 is 1.47 bits per heavy atom. The van der Waals surface area contributed by atoms with Crippen molar-refractivity contribution in [3.8, 4) is 0 Å². The fraction of sp³-hybridized carbons (Fsp3) is 0.889. The van der Waals surface area contributed by atoms with Crippen molar-refractivity contribution in [3.63, 3.8) is 0 Å². The highest BCUT2D eigenvalue weighted by molar-refractivity contribution is 7.91. The Morgan fingerprint density at radius 3 is 2.53 bits per heavy atom. The molecule has 0 heterocycles. The number of esters is 1. The van der Waals surface area contributed by atoms with Crippen LogP contribution in [0.5, 0.6) is 0 Å². The minimum atomic E-state index is -3.21. The van der Waals surface area contributed by atoms with Gasteiger partial charge in [-0.1, -0.05) is 6.42 Å². The fourth-order valence-corrected chi connectivity index (χ4v) is 3.66. The summed E-state index contributed by atoms with van der Waals surface area (Å²) in [6, 6.07) is 0. The van der Waals surface area contributed by atoms with Crippen LogP contribution in [0.15, 0.2) is 0 Å². The Hall–Kier alpha value is -0.620. The lowest BCUT2D eigenvalue weighted by atomic mass is 10.0. The van der Waals surface area contributed by atoms with Crippen LogP contribution in [0.25, 0.3) is 0 Å². The number of carbonyl (C=O) groups excluding carboxylic acids is 1. The zero-order valence-corrected chi connectivity index (χ0v) is 9.66. The summed E-state index contributed by atoms with van der Waals surface area (Å²) in [5.41, 5.74) is 0. The highest BCUT2D eigenvalue weighted by Crippen LogP contribution is 2.33. The molecule has 3 unspecified atom stereocenters. The highest BCUT2D eigenvalue weighted by atomic mass is 32.2. The number of ether oxygens (including phenoxy) is 1. The molecule has 0 aromatic rings. The maximum absolute atomic E-state index is 11.4. The minimum absolute atomic E-state index is 0.511. The maximum Gasteiger partial charge on any atom is 0.335 e. The van der Waals surface area contributed by atoms with Crippen LogP contribution >= 0.6 is 0 Å². The second-order valence-electron chi connectivity index (χ2n) is 3.93. The highest BCUT2D eigenvalue weighted by Gasteiger charge is 2.41. The molecule has 1 aliphatic carbocycles. The minimum Gasteiger partial charge on any atom is -0.467 e. The molecule has 0 aliphatic heterocycles. The van der Waals surface area contributed by atoms with Crippen LogP contribution < -0.4 is 0 Å². The zero-order chi connectivity index (χ0) is 11.6. The molecular weight excluding hydrogens is 220 g/mol. The predicted octanol–water partition coefficient (Wildman–Crippen LogP) is -0.266. The monoisotopic (exact) mass is 236 g/mol. The fourth-order valence-electron chi connectivity index (χ4n) is 2.14. The van der Waals surface area contributed by atoms with Gasteiger partial charge in [-0.25, -0.2) is 13.2 Å². The Balaban J connectivity index is 2.82. The van der Waals surface area contributed by atoms with Crippen molar-refractivity contribution in [2.75, 3.05) is 13.4 Å². The third kappa shape index (κ3) is 2.69. The molecule has 1 aliphatic rings. The third-order valence-corrected chi connectivity index (χ3v) is 4.59. The standard InChI is InChI=1S/C9H16O5S/c1-14-9(11)8(10)6-4-3-5-7(6)15(2,12)13/h6-8,10H,3-5H2,1-2H3. The van der Waals surface area contributed by atoms with Gasteiger partial charge in [-0.15, -0.1) is 0 Å². The lowest BCUT2D eigenvalue weighted by molar-refractivity contribution is -0.153. The lowest BCUT2D eigenvalue weighted by Crippen LogP contribution is -2.38. The number of hydrogen-bond donors (Lipinski definition) is 1. The molecule has 0 spiro atoms. The normalized spacial score (nSPS) is 28.7. The summed E-state index contributed by atoms with van der Waals surface area (Å²) in [5.74, 6) is -1.27. The first-order chi connectivity index (χ1) is 6.88. The number of carbonyl (C=O) groups is 1. The van der Waals surface area contributed by atoms with Gasteiger partial charge in [-0.2, -0.15) is 0 Å². The second kappa shape index (κ2) is 4.49. The van der Waals surface area contributed by atoms with Gasteiger partial charge in [-0.3, -0.25) is 0 Å². The Bertz CT molecular complexity index is 334. The van der Waals surface area contributed by atoms with E-state index >= 15 is 0 Å². The zero-order valence-electron chi connectivity index (χ0n) is 8.84. The van der Waals surface area contributed by atoms with E-state index in [4.69, 9.17) is 0 Å². The number of methoxy groups -OCH3 is 1. The summed E-state index contributed by atoms with van der Waals surface area (Å²) in [6.07, 6.45) is 1.60. The summed E-state index contributed by atoms with van der Waals surface area (Å²) in [5, 5.41) is 8.99. The molecule has 15 heavy (non-hydrogen) atoms. The van der Waals surface area contributed by atoms with Crippen molar-refractivity contribution in [3.05, 3.63) is 0 Å². The van der Waals surface area contributed by atoms with Crippen LogP contribution in [0.1, 0.15) is 19.3 Å². The van der Waals surface area contributed by atoms with Crippen LogP contribution in [0.4, 0.5) is 0 Å². The first-order valence-corrected chi connectivity index (χ1v) is 6.78. The van der Waals surface area contributed by atoms with Crippen LogP contribution in [-0.4, -0.2) is 44.2 Å². The van der Waals surface area contributed by atoms with E-state index in [-0.39, 0.29) is 0 Å². The SMILES string of the molecule is COC(=O)C(O)C1CCCC1S(C)(=O)=O. The average Bonchev–Trinajstić information content (AvgIpc) is 2.63. The lowest BCUT2D eigenvalue weighted by Gasteiger charge is -2.21. The Morgan fingerprint density at radius 2 is 2.07 bits per heavy atom. The largest absolute Gasteiger partial charge is 0.467 e. The third-order valence-electron chi connectivity index (χ3n) is 2.90. The van der Waals surface area contributed by atoms with Gasteiger partial charge in [-0.05, 0) is 12.8 Å². The molecule has 88 valence electrons. The number of aliphatic hydroxyl groups is 1. The second-order valence-corrected chi connectivity index (χ2v) is 6.20. The quantitative estimate of drug-likeness (QED) is 0.682. The summed E-state index contributed by atoms with van der Waals surface area (Å²) < 4.78 is 27.2. The first kappa shape index (κ1) is 12.4.